The normalized spacial score (nSPS) is 15.6. The number of hydrogen-bond donors (Lipinski definition) is 1. The van der Waals surface area contributed by atoms with Crippen molar-refractivity contribution in [2.75, 3.05) is 13.1 Å². The van der Waals surface area contributed by atoms with Gasteiger partial charge in [-0.2, -0.15) is 0 Å². The lowest BCUT2D eigenvalue weighted by Gasteiger charge is -2.24. The van der Waals surface area contributed by atoms with Gasteiger partial charge in [0, 0.05) is 42.4 Å². The Kier molecular flexibility index (Phi) is 7.59. The van der Waals surface area contributed by atoms with Gasteiger partial charge in [-0.1, -0.05) is 17.7 Å². The van der Waals surface area contributed by atoms with Crippen LogP contribution in [0.2, 0.25) is 5.02 Å². The van der Waals surface area contributed by atoms with E-state index in [2.05, 4.69) is 15.0 Å². The van der Waals surface area contributed by atoms with E-state index in [4.69, 9.17) is 16.3 Å². The lowest BCUT2D eigenvalue weighted by molar-refractivity contribution is 0.0288. The lowest BCUT2D eigenvalue weighted by atomic mass is 9.97. The van der Waals surface area contributed by atoms with Gasteiger partial charge in [0.1, 0.15) is 23.1 Å². The number of benzene rings is 2. The molecule has 0 radical (unpaired) electrons. The molecule has 7 nitrogen and oxygen atoms in total. The number of carbonyl (C=O) groups excluding carboxylic acids is 1. The second kappa shape index (κ2) is 11.0. The minimum Gasteiger partial charge on any atom is -0.444 e. The Morgan fingerprint density at radius 3 is 2.58 bits per heavy atom. The number of aromatic amines is 1. The lowest BCUT2D eigenvalue weighted by Crippen LogP contribution is -2.35. The summed E-state index contributed by atoms with van der Waals surface area (Å²) in [5, 5.41) is 0.873. The first-order valence-electron chi connectivity index (χ1n) is 13.0. The van der Waals surface area contributed by atoms with Gasteiger partial charge in [-0.15, -0.1) is 0 Å². The first kappa shape index (κ1) is 27.7. The number of carbonyl (C=O) groups is 1. The van der Waals surface area contributed by atoms with Crippen molar-refractivity contribution in [3.05, 3.63) is 92.6 Å². The maximum Gasteiger partial charge on any atom is 0.410 e. The van der Waals surface area contributed by atoms with E-state index >= 15 is 0 Å². The fraction of sp³-hybridized carbons (Fsp3) is 0.333. The van der Waals surface area contributed by atoms with Crippen LogP contribution in [0.15, 0.2) is 53.5 Å². The third-order valence-electron chi connectivity index (χ3n) is 6.72. The molecule has 1 aliphatic rings. The van der Waals surface area contributed by atoms with Crippen molar-refractivity contribution in [2.24, 2.45) is 5.92 Å². The summed E-state index contributed by atoms with van der Waals surface area (Å²) < 4.78 is 32.6. The molecule has 1 fully saturated rings. The average Bonchev–Trinajstić information content (AvgIpc) is 3.33. The van der Waals surface area contributed by atoms with Crippen LogP contribution in [0.25, 0.3) is 22.2 Å². The van der Waals surface area contributed by atoms with E-state index in [1.807, 2.05) is 26.8 Å². The van der Waals surface area contributed by atoms with E-state index in [0.29, 0.717) is 58.9 Å². The van der Waals surface area contributed by atoms with Gasteiger partial charge in [-0.05, 0) is 81.0 Å². The van der Waals surface area contributed by atoms with E-state index in [-0.39, 0.29) is 17.6 Å². The van der Waals surface area contributed by atoms with Crippen molar-refractivity contribution in [3.63, 3.8) is 0 Å². The highest BCUT2D eigenvalue weighted by atomic mass is 35.5. The van der Waals surface area contributed by atoms with Crippen molar-refractivity contribution < 1.29 is 18.3 Å². The van der Waals surface area contributed by atoms with Gasteiger partial charge in [0.2, 0.25) is 0 Å². The number of rotatable bonds is 5. The Balaban J connectivity index is 1.32. The van der Waals surface area contributed by atoms with Crippen LogP contribution in [0.1, 0.15) is 44.1 Å². The highest BCUT2D eigenvalue weighted by molar-refractivity contribution is 6.32. The van der Waals surface area contributed by atoms with Gasteiger partial charge >= 0.3 is 6.09 Å². The topological polar surface area (TPSA) is 88.2 Å². The summed E-state index contributed by atoms with van der Waals surface area (Å²) in [6.45, 7) is 6.72. The Morgan fingerprint density at radius 2 is 1.90 bits per heavy atom. The SMILES string of the molecule is CC(C)(C)OC(=O)N1CC[C@@H](Cc2cc3nc(Cc4ccc(-c5cc(F)cc(F)c5)nc4)[nH]c(=O)c3cc2Cl)C1. The molecule has 10 heteroatoms. The van der Waals surface area contributed by atoms with E-state index in [1.54, 1.807) is 29.3 Å². The molecule has 0 unspecified atom stereocenters. The molecule has 0 spiro atoms. The zero-order valence-electron chi connectivity index (χ0n) is 22.4. The zero-order valence-corrected chi connectivity index (χ0v) is 23.2. The van der Waals surface area contributed by atoms with Crippen LogP contribution in [-0.2, 0) is 17.6 Å². The van der Waals surface area contributed by atoms with Crippen LogP contribution in [-0.4, -0.2) is 44.6 Å². The van der Waals surface area contributed by atoms with E-state index in [0.717, 1.165) is 23.6 Å². The number of hydrogen-bond acceptors (Lipinski definition) is 5. The van der Waals surface area contributed by atoms with Gasteiger partial charge in [0.25, 0.3) is 5.56 Å². The Hall–Kier alpha value is -3.85. The molecule has 1 aliphatic heterocycles. The van der Waals surface area contributed by atoms with Crippen molar-refractivity contribution in [2.45, 2.75) is 45.6 Å². The van der Waals surface area contributed by atoms with Crippen LogP contribution >= 0.6 is 11.6 Å². The van der Waals surface area contributed by atoms with Gasteiger partial charge in [-0.3, -0.25) is 9.78 Å². The second-order valence-corrected chi connectivity index (χ2v) is 11.6. The molecule has 208 valence electrons. The summed E-state index contributed by atoms with van der Waals surface area (Å²) in [6.07, 6.45) is 3.05. The van der Waals surface area contributed by atoms with Crippen molar-refractivity contribution in [1.29, 1.82) is 0 Å². The molecular formula is C30H29ClF2N4O3. The van der Waals surface area contributed by atoms with Gasteiger partial charge in [0.15, 0.2) is 0 Å². The molecule has 0 saturated carbocycles. The number of pyridine rings is 1. The van der Waals surface area contributed by atoms with Crippen molar-refractivity contribution >= 4 is 28.6 Å². The van der Waals surface area contributed by atoms with Gasteiger partial charge < -0.3 is 14.6 Å². The molecule has 0 bridgehead atoms. The summed E-state index contributed by atoms with van der Waals surface area (Å²) in [5.74, 6) is -0.688. The number of nitrogens with zero attached hydrogens (tertiary/aromatic N) is 3. The fourth-order valence-electron chi connectivity index (χ4n) is 4.89. The second-order valence-electron chi connectivity index (χ2n) is 11.1. The summed E-state index contributed by atoms with van der Waals surface area (Å²) >= 11 is 6.55. The molecule has 0 aliphatic carbocycles. The number of halogens is 3. The summed E-state index contributed by atoms with van der Waals surface area (Å²) in [7, 11) is 0. The highest BCUT2D eigenvalue weighted by Gasteiger charge is 2.30. The van der Waals surface area contributed by atoms with Gasteiger partial charge in [-0.25, -0.2) is 18.6 Å². The van der Waals surface area contributed by atoms with Crippen LogP contribution in [0.5, 0.6) is 0 Å². The molecule has 2 aromatic carbocycles. The highest BCUT2D eigenvalue weighted by Crippen LogP contribution is 2.28. The third kappa shape index (κ3) is 6.47. The van der Waals surface area contributed by atoms with Gasteiger partial charge in [0.05, 0.1) is 16.6 Å². The fourth-order valence-corrected chi connectivity index (χ4v) is 5.13. The monoisotopic (exact) mass is 566 g/mol. The van der Waals surface area contributed by atoms with E-state index in [9.17, 15) is 18.4 Å². The average molecular weight is 567 g/mol. The molecule has 1 amide bonds. The number of aromatic nitrogens is 3. The van der Waals surface area contributed by atoms with Crippen molar-refractivity contribution in [1.82, 2.24) is 19.9 Å². The van der Waals surface area contributed by atoms with Crippen LogP contribution in [0.4, 0.5) is 13.6 Å². The Labute approximate surface area is 235 Å². The first-order valence-corrected chi connectivity index (χ1v) is 13.4. The van der Waals surface area contributed by atoms with E-state index < -0.39 is 17.2 Å². The van der Waals surface area contributed by atoms with Crippen molar-refractivity contribution in [3.8, 4) is 11.3 Å². The van der Waals surface area contributed by atoms with Crippen LogP contribution in [0.3, 0.4) is 0 Å². The molecule has 4 aromatic rings. The number of fused-ring (bicyclic) bond motifs is 1. The van der Waals surface area contributed by atoms with Crippen LogP contribution < -0.4 is 5.56 Å². The minimum absolute atomic E-state index is 0.208. The molecule has 1 saturated heterocycles. The number of amides is 1. The number of H-pyrrole nitrogens is 1. The molecule has 1 N–H and O–H groups in total. The molecular weight excluding hydrogens is 538 g/mol. The number of nitrogens with one attached hydrogen (secondary N) is 1. The molecule has 1 atom stereocenters. The van der Waals surface area contributed by atoms with E-state index in [1.165, 1.54) is 12.1 Å². The molecule has 2 aromatic heterocycles. The third-order valence-corrected chi connectivity index (χ3v) is 7.08. The number of ether oxygens (including phenoxy) is 1. The maximum absolute atomic E-state index is 13.6. The largest absolute Gasteiger partial charge is 0.444 e. The standard InChI is InChI=1S/C30H29ClF2N4O3/c1-30(2,3)40-29(39)37-7-6-18(16-37)8-19-12-26-23(14-24(19)31)28(38)36-27(35-26)9-17-4-5-25(34-15-17)20-10-21(32)13-22(33)11-20/h4-5,10-15,18H,6-9,16H2,1-3H3,(H,35,36,38)/t18-/m0/s1. The molecule has 3 heterocycles. The molecule has 40 heavy (non-hydrogen) atoms. The predicted molar refractivity (Wildman–Crippen MR) is 149 cm³/mol. The Morgan fingerprint density at radius 1 is 1.15 bits per heavy atom. The maximum atomic E-state index is 13.6. The Bertz CT molecular complexity index is 1610. The summed E-state index contributed by atoms with van der Waals surface area (Å²) in [5.41, 5.74) is 2.07. The predicted octanol–water partition coefficient (Wildman–Crippen LogP) is 6.31. The summed E-state index contributed by atoms with van der Waals surface area (Å²) in [4.78, 5) is 38.8. The van der Waals surface area contributed by atoms with Crippen LogP contribution in [0, 0.1) is 17.6 Å². The smallest absolute Gasteiger partial charge is 0.410 e. The number of likely N-dealkylation sites (tertiary alicyclic amines) is 1. The quantitative estimate of drug-likeness (QED) is 0.306. The zero-order chi connectivity index (χ0) is 28.6. The first-order chi connectivity index (χ1) is 18.9. The molecule has 5 rings (SSSR count). The minimum atomic E-state index is -0.674. The summed E-state index contributed by atoms with van der Waals surface area (Å²) in [6, 6.07) is 10.2.